The molecular weight excluding hydrogens is 749 g/mol. The number of aldehydes is 1. The summed E-state index contributed by atoms with van der Waals surface area (Å²) in [4.78, 5) is 48.9. The summed E-state index contributed by atoms with van der Waals surface area (Å²) >= 11 is 0. The Morgan fingerprint density at radius 3 is 2.05 bits per heavy atom. The summed E-state index contributed by atoms with van der Waals surface area (Å²) in [5, 5.41) is 19.7. The molecule has 1 heterocycles. The average molecular weight is 839 g/mol. The maximum absolute atomic E-state index is 13.0. The molecule has 14 atom stereocenters. The fourth-order valence-corrected chi connectivity index (χ4v) is 15.5. The van der Waals surface area contributed by atoms with Gasteiger partial charge >= 0.3 is 11.9 Å². The van der Waals surface area contributed by atoms with Crippen LogP contribution in [0.15, 0.2) is 0 Å². The number of aliphatic hydroxyl groups excluding tert-OH is 1. The molecule has 0 bridgehead atoms. The fraction of sp³-hybridized carbons (Fsp3) is 0.925. The molecule has 0 aromatic rings. The number of esters is 1. The zero-order valence-electron chi connectivity index (χ0n) is 39.9. The molecule has 344 valence electrons. The van der Waals surface area contributed by atoms with Crippen LogP contribution >= 0.6 is 0 Å². The predicted molar refractivity (Wildman–Crippen MR) is 241 cm³/mol. The van der Waals surface area contributed by atoms with Gasteiger partial charge in [0.15, 0.2) is 0 Å². The predicted octanol–water partition coefficient (Wildman–Crippen LogP) is 12.8. The van der Waals surface area contributed by atoms with E-state index < -0.39 is 17.5 Å². The van der Waals surface area contributed by atoms with Gasteiger partial charge in [0, 0.05) is 37.0 Å². The van der Waals surface area contributed by atoms with Crippen LogP contribution in [0.3, 0.4) is 0 Å². The van der Waals surface area contributed by atoms with Gasteiger partial charge in [-0.25, -0.2) is 0 Å². The van der Waals surface area contributed by atoms with Gasteiger partial charge in [0.05, 0.1) is 6.10 Å². The molecular formula is C53H90O7. The molecule has 0 aromatic heterocycles. The molecule has 2 N–H and O–H groups in total. The highest BCUT2D eigenvalue weighted by atomic mass is 16.6. The van der Waals surface area contributed by atoms with E-state index in [1.807, 2.05) is 0 Å². The minimum Gasteiger partial charge on any atom is -0.481 e. The lowest BCUT2D eigenvalue weighted by atomic mass is 9.50. The Bertz CT molecular complexity index is 1440. The fourth-order valence-electron chi connectivity index (χ4n) is 15.5. The molecule has 1 aliphatic heterocycles. The number of aliphatic hydroxyl groups is 1. The van der Waals surface area contributed by atoms with E-state index >= 15 is 0 Å². The van der Waals surface area contributed by atoms with Crippen LogP contribution in [0.2, 0.25) is 0 Å². The molecule has 60 heavy (non-hydrogen) atoms. The number of carboxylic acids is 1. The summed E-state index contributed by atoms with van der Waals surface area (Å²) in [7, 11) is 0. The van der Waals surface area contributed by atoms with Crippen LogP contribution in [0.25, 0.3) is 0 Å². The number of rotatable bonds is 16. The SMILES string of the molecule is CC(C)CCCC[C@H]1CCC2[C@H](CC(=O)O)C([C@@]3(C)CC[C@H](O)CC3=O)CC[C@@]21C.CC(C)CCC[C@@H](C)[C@H]1CCC2[C@H](CC=O)C([C@@]3(C)CCCCC(=O)O3)CC[C@@]21C. The van der Waals surface area contributed by atoms with Crippen molar-refractivity contribution < 1.29 is 34.1 Å². The molecule has 6 fully saturated rings. The van der Waals surface area contributed by atoms with Gasteiger partial charge in [-0.15, -0.1) is 0 Å². The van der Waals surface area contributed by atoms with Crippen molar-refractivity contribution in [2.45, 2.75) is 228 Å². The number of cyclic esters (lactones) is 1. The van der Waals surface area contributed by atoms with Crippen LogP contribution in [0.1, 0.15) is 216 Å². The third-order valence-electron chi connectivity index (χ3n) is 18.9. The molecule has 0 radical (unpaired) electrons. The highest BCUT2D eigenvalue weighted by Crippen LogP contribution is 2.65. The molecule has 5 aliphatic carbocycles. The van der Waals surface area contributed by atoms with Crippen molar-refractivity contribution in [2.24, 2.45) is 81.3 Å². The summed E-state index contributed by atoms with van der Waals surface area (Å²) in [6, 6.07) is 0. The van der Waals surface area contributed by atoms with Crippen LogP contribution in [0, 0.1) is 81.3 Å². The van der Waals surface area contributed by atoms with E-state index in [1.54, 1.807) is 0 Å². The minimum atomic E-state index is -0.721. The maximum Gasteiger partial charge on any atom is 0.306 e. The summed E-state index contributed by atoms with van der Waals surface area (Å²) in [6.45, 7) is 20.9. The first-order valence-electron chi connectivity index (χ1n) is 25.4. The Hall–Kier alpha value is -1.76. The van der Waals surface area contributed by atoms with E-state index in [0.29, 0.717) is 60.7 Å². The second-order valence-electron chi connectivity index (χ2n) is 23.5. The lowest BCUT2D eigenvalue weighted by molar-refractivity contribution is -0.173. The molecule has 5 saturated carbocycles. The lowest BCUT2D eigenvalue weighted by Gasteiger charge is -2.54. The number of aliphatic carboxylic acids is 1. The number of carboxylic acid groups (broad SMARTS) is 1. The van der Waals surface area contributed by atoms with Crippen molar-refractivity contribution >= 4 is 24.0 Å². The zero-order chi connectivity index (χ0) is 44.0. The van der Waals surface area contributed by atoms with Crippen molar-refractivity contribution in [1.82, 2.24) is 0 Å². The van der Waals surface area contributed by atoms with Crippen LogP contribution in [-0.2, 0) is 23.9 Å². The molecule has 0 spiro atoms. The number of fused-ring (bicyclic) bond motifs is 2. The zero-order valence-corrected chi connectivity index (χ0v) is 39.9. The van der Waals surface area contributed by atoms with Crippen LogP contribution in [0.4, 0.5) is 0 Å². The second kappa shape index (κ2) is 20.8. The van der Waals surface area contributed by atoms with Gasteiger partial charge in [-0.05, 0) is 167 Å². The molecule has 7 heteroatoms. The van der Waals surface area contributed by atoms with E-state index in [4.69, 9.17) is 4.74 Å². The van der Waals surface area contributed by atoms with E-state index in [-0.39, 0.29) is 47.4 Å². The van der Waals surface area contributed by atoms with E-state index in [2.05, 4.69) is 62.3 Å². The number of carbonyl (C=O) groups is 4. The normalized spacial score (nSPS) is 41.2. The molecule has 0 aromatic carbocycles. The quantitative estimate of drug-likeness (QED) is 0.0903. The molecule has 0 amide bonds. The minimum absolute atomic E-state index is 0.0312. The number of unbranched alkanes of at least 4 members (excludes halogenated alkanes) is 1. The number of ketones is 1. The van der Waals surface area contributed by atoms with Gasteiger partial charge in [0.2, 0.25) is 0 Å². The van der Waals surface area contributed by atoms with Gasteiger partial charge in [0.25, 0.3) is 0 Å². The number of Topliss-reactive ketones (excluding diaryl/α,β-unsaturated/α-hetero) is 1. The molecule has 6 aliphatic rings. The molecule has 7 nitrogen and oxygen atoms in total. The van der Waals surface area contributed by atoms with Crippen molar-refractivity contribution in [2.75, 3.05) is 0 Å². The van der Waals surface area contributed by atoms with Gasteiger partial charge in [-0.2, -0.15) is 0 Å². The third-order valence-corrected chi connectivity index (χ3v) is 18.9. The smallest absolute Gasteiger partial charge is 0.306 e. The van der Waals surface area contributed by atoms with Crippen LogP contribution in [-0.4, -0.2) is 45.9 Å². The Morgan fingerprint density at radius 1 is 0.733 bits per heavy atom. The first-order chi connectivity index (χ1) is 28.3. The molecule has 4 unspecified atom stereocenters. The Morgan fingerprint density at radius 2 is 1.38 bits per heavy atom. The average Bonchev–Trinajstić information content (AvgIpc) is 3.63. The maximum atomic E-state index is 13.0. The van der Waals surface area contributed by atoms with Gasteiger partial charge in [0.1, 0.15) is 17.7 Å². The molecule has 1 saturated heterocycles. The number of ether oxygens (including phenoxy) is 1. The highest BCUT2D eigenvalue weighted by Gasteiger charge is 2.60. The summed E-state index contributed by atoms with van der Waals surface area (Å²) in [5.74, 6) is 5.14. The Labute approximate surface area is 366 Å². The van der Waals surface area contributed by atoms with E-state index in [0.717, 1.165) is 74.9 Å². The largest absolute Gasteiger partial charge is 0.481 e. The standard InChI is InChI=1S/C27H46O3.C26H44O4/c1-19(2)9-8-10-20(3)22-12-13-23-21(15-18-28)24(14-17-26(22,23)4)27(5)16-7-6-11-25(29)30-27;1-17(2)7-5-6-8-18-9-10-21-20(16-24(29)30)22(12-14-25(18,21)3)26(4)13-11-19(27)15-23(26)28/h18-24H,6-17H2,1-5H3;17-22,27H,5-16H2,1-4H3,(H,29,30)/t20-,21+,22-,23?,24?,26-,27-;18-,19-,20-,21?,22?,25+,26+/m10/s1. The summed E-state index contributed by atoms with van der Waals surface area (Å²) < 4.78 is 6.09. The third kappa shape index (κ3) is 10.9. The van der Waals surface area contributed by atoms with Crippen molar-refractivity contribution in [3.8, 4) is 0 Å². The van der Waals surface area contributed by atoms with Gasteiger partial charge < -0.3 is 19.7 Å². The second-order valence-corrected chi connectivity index (χ2v) is 23.5. The van der Waals surface area contributed by atoms with Crippen LogP contribution < -0.4 is 0 Å². The van der Waals surface area contributed by atoms with Crippen molar-refractivity contribution in [1.29, 1.82) is 0 Å². The number of hydrogen-bond donors (Lipinski definition) is 2. The van der Waals surface area contributed by atoms with E-state index in [9.17, 15) is 29.4 Å². The highest BCUT2D eigenvalue weighted by molar-refractivity contribution is 5.86. The van der Waals surface area contributed by atoms with Crippen molar-refractivity contribution in [3.63, 3.8) is 0 Å². The first kappa shape index (κ1) is 49.3. The Balaban J connectivity index is 0.000000228. The molecule has 6 rings (SSSR count). The topological polar surface area (TPSA) is 118 Å². The summed E-state index contributed by atoms with van der Waals surface area (Å²) in [5.41, 5.74) is -0.284. The first-order valence-corrected chi connectivity index (χ1v) is 25.4. The van der Waals surface area contributed by atoms with E-state index in [1.165, 1.54) is 70.6 Å². The van der Waals surface area contributed by atoms with Crippen LogP contribution in [0.5, 0.6) is 0 Å². The summed E-state index contributed by atoms with van der Waals surface area (Å²) in [6.07, 6.45) is 25.0. The number of hydrogen-bond acceptors (Lipinski definition) is 6. The lowest BCUT2D eigenvalue weighted by Crippen LogP contribution is -2.51. The number of carbonyl (C=O) groups excluding carboxylic acids is 3. The van der Waals surface area contributed by atoms with Crippen molar-refractivity contribution in [3.05, 3.63) is 0 Å². The van der Waals surface area contributed by atoms with Gasteiger partial charge in [-0.3, -0.25) is 14.4 Å². The van der Waals surface area contributed by atoms with Gasteiger partial charge in [-0.1, -0.05) is 93.9 Å². The Kier molecular flexibility index (Phi) is 17.1. The monoisotopic (exact) mass is 839 g/mol.